The first-order chi connectivity index (χ1) is 7.55. The minimum Gasteiger partial charge on any atom is -0.550 e. The van der Waals surface area contributed by atoms with Crippen LogP contribution in [0.25, 0.3) is 0 Å². The van der Waals surface area contributed by atoms with Crippen LogP contribution in [-0.4, -0.2) is 17.5 Å². The van der Waals surface area contributed by atoms with E-state index in [-0.39, 0.29) is 11.3 Å². The number of hydrogen-bond donors (Lipinski definition) is 0. The molecule has 96 valence electrons. The van der Waals surface area contributed by atoms with Crippen LogP contribution in [0.5, 0.6) is 0 Å². The maximum absolute atomic E-state index is 11.4. The second-order valence-corrected chi connectivity index (χ2v) is 6.04. The highest BCUT2D eigenvalue weighted by Gasteiger charge is 2.56. The highest BCUT2D eigenvalue weighted by molar-refractivity contribution is 5.83. The van der Waals surface area contributed by atoms with Crippen molar-refractivity contribution >= 4 is 11.9 Å². The summed E-state index contributed by atoms with van der Waals surface area (Å²) in [7, 11) is 0. The van der Waals surface area contributed by atoms with Gasteiger partial charge in [0.15, 0.2) is 0 Å². The molecule has 0 amide bonds. The molecule has 1 rings (SSSR count). The highest BCUT2D eigenvalue weighted by Crippen LogP contribution is 2.58. The summed E-state index contributed by atoms with van der Waals surface area (Å²) in [5.41, 5.74) is -0.869. The van der Waals surface area contributed by atoms with Gasteiger partial charge in [0.1, 0.15) is 5.60 Å². The van der Waals surface area contributed by atoms with Gasteiger partial charge in [0.25, 0.3) is 0 Å². The van der Waals surface area contributed by atoms with E-state index in [1.165, 1.54) is 6.08 Å². The van der Waals surface area contributed by atoms with E-state index in [9.17, 15) is 14.7 Å². The molecular formula is C13H19O4-. The van der Waals surface area contributed by atoms with Crippen molar-refractivity contribution in [1.29, 1.82) is 0 Å². The molecule has 2 unspecified atom stereocenters. The maximum atomic E-state index is 11.4. The number of carboxylic acids is 1. The van der Waals surface area contributed by atoms with E-state index in [0.29, 0.717) is 0 Å². The maximum Gasteiger partial charge on any atom is 0.330 e. The summed E-state index contributed by atoms with van der Waals surface area (Å²) in [5, 5.41) is 10.8. The third kappa shape index (κ3) is 3.32. The molecule has 0 spiro atoms. The van der Waals surface area contributed by atoms with Gasteiger partial charge in [0, 0.05) is 18.0 Å². The van der Waals surface area contributed by atoms with Gasteiger partial charge in [-0.2, -0.15) is 0 Å². The van der Waals surface area contributed by atoms with E-state index in [1.807, 2.05) is 13.8 Å². The van der Waals surface area contributed by atoms with Crippen molar-refractivity contribution in [2.75, 3.05) is 0 Å². The molecule has 1 aliphatic rings. The molecule has 0 radical (unpaired) electrons. The van der Waals surface area contributed by atoms with E-state index in [1.54, 1.807) is 26.8 Å². The van der Waals surface area contributed by atoms with Gasteiger partial charge in [-0.05, 0) is 32.1 Å². The summed E-state index contributed by atoms with van der Waals surface area (Å²) in [4.78, 5) is 22.2. The number of carboxylic acid groups (broad SMARTS) is 1. The molecule has 0 aromatic heterocycles. The Morgan fingerprint density at radius 2 is 1.82 bits per heavy atom. The van der Waals surface area contributed by atoms with Crippen molar-refractivity contribution < 1.29 is 19.4 Å². The molecule has 4 heteroatoms. The van der Waals surface area contributed by atoms with E-state index >= 15 is 0 Å². The van der Waals surface area contributed by atoms with Crippen LogP contribution in [0, 0.1) is 17.3 Å². The average molecular weight is 239 g/mol. The van der Waals surface area contributed by atoms with Crippen molar-refractivity contribution in [1.82, 2.24) is 0 Å². The first-order valence-corrected chi connectivity index (χ1v) is 5.68. The number of carbonyl (C=O) groups is 2. The van der Waals surface area contributed by atoms with E-state index in [2.05, 4.69) is 0 Å². The first kappa shape index (κ1) is 13.7. The molecule has 1 fully saturated rings. The summed E-state index contributed by atoms with van der Waals surface area (Å²) >= 11 is 0. The van der Waals surface area contributed by atoms with Crippen LogP contribution < -0.4 is 5.11 Å². The number of carbonyl (C=O) groups excluding carboxylic acids is 2. The fourth-order valence-corrected chi connectivity index (χ4v) is 2.01. The molecular weight excluding hydrogens is 220 g/mol. The van der Waals surface area contributed by atoms with E-state index in [0.717, 1.165) is 0 Å². The molecule has 0 aliphatic heterocycles. The SMILES string of the molecule is CC(C)(C)OC(=O)C=CC1C(C(=O)[O-])C1(C)C. The quantitative estimate of drug-likeness (QED) is 0.542. The minimum atomic E-state index is -1.06. The van der Waals surface area contributed by atoms with Crippen LogP contribution in [0.2, 0.25) is 0 Å². The fraction of sp³-hybridized carbons (Fsp3) is 0.692. The van der Waals surface area contributed by atoms with Gasteiger partial charge in [-0.1, -0.05) is 19.9 Å². The predicted molar refractivity (Wildman–Crippen MR) is 60.8 cm³/mol. The van der Waals surface area contributed by atoms with Gasteiger partial charge in [-0.15, -0.1) is 0 Å². The Morgan fingerprint density at radius 3 is 2.18 bits per heavy atom. The summed E-state index contributed by atoms with van der Waals surface area (Å²) in [6.07, 6.45) is 2.91. The molecule has 1 saturated carbocycles. The zero-order chi connectivity index (χ0) is 13.4. The molecule has 0 aromatic carbocycles. The van der Waals surface area contributed by atoms with Crippen molar-refractivity contribution in [2.45, 2.75) is 40.2 Å². The largest absolute Gasteiger partial charge is 0.550 e. The van der Waals surface area contributed by atoms with Gasteiger partial charge >= 0.3 is 5.97 Å². The van der Waals surface area contributed by atoms with Gasteiger partial charge < -0.3 is 14.6 Å². The Kier molecular flexibility index (Phi) is 3.37. The second kappa shape index (κ2) is 4.17. The second-order valence-electron chi connectivity index (χ2n) is 6.04. The molecule has 4 nitrogen and oxygen atoms in total. The molecule has 0 aromatic rings. The van der Waals surface area contributed by atoms with E-state index < -0.39 is 23.5 Å². The smallest absolute Gasteiger partial charge is 0.330 e. The zero-order valence-electron chi connectivity index (χ0n) is 10.9. The monoisotopic (exact) mass is 239 g/mol. The average Bonchev–Trinajstić information content (AvgIpc) is 2.61. The molecule has 0 saturated heterocycles. The topological polar surface area (TPSA) is 66.4 Å². The number of esters is 1. The Balaban J connectivity index is 2.57. The molecule has 0 bridgehead atoms. The molecule has 2 atom stereocenters. The van der Waals surface area contributed by atoms with Gasteiger partial charge in [0.05, 0.1) is 0 Å². The summed E-state index contributed by atoms with van der Waals surface area (Å²) in [5.74, 6) is -2.17. The van der Waals surface area contributed by atoms with Crippen molar-refractivity contribution in [3.63, 3.8) is 0 Å². The Hall–Kier alpha value is -1.32. The van der Waals surface area contributed by atoms with E-state index in [4.69, 9.17) is 4.74 Å². The number of allylic oxidation sites excluding steroid dienone is 1. The first-order valence-electron chi connectivity index (χ1n) is 5.68. The molecule has 17 heavy (non-hydrogen) atoms. The Morgan fingerprint density at radius 1 is 1.29 bits per heavy atom. The Bertz CT molecular complexity index is 360. The van der Waals surface area contributed by atoms with Gasteiger partial charge in [-0.25, -0.2) is 4.79 Å². The van der Waals surface area contributed by atoms with Crippen LogP contribution >= 0.6 is 0 Å². The third-order valence-electron chi connectivity index (χ3n) is 3.01. The lowest BCUT2D eigenvalue weighted by Gasteiger charge is -2.17. The minimum absolute atomic E-state index is 0.153. The standard InChI is InChI=1S/C13H20O4/c1-12(2,3)17-9(14)7-6-8-10(11(15)16)13(8,4)5/h6-8,10H,1-5H3,(H,15,16)/p-1. The molecule has 0 heterocycles. The number of rotatable bonds is 3. The summed E-state index contributed by atoms with van der Waals surface area (Å²) < 4.78 is 5.09. The highest BCUT2D eigenvalue weighted by atomic mass is 16.6. The van der Waals surface area contributed by atoms with Gasteiger partial charge in [0.2, 0.25) is 0 Å². The lowest BCUT2D eigenvalue weighted by molar-refractivity contribution is -0.309. The van der Waals surface area contributed by atoms with Crippen molar-refractivity contribution in [3.8, 4) is 0 Å². The number of aliphatic carboxylic acids is 1. The lowest BCUT2D eigenvalue weighted by Crippen LogP contribution is -2.26. The predicted octanol–water partition coefficient (Wildman–Crippen LogP) is 0.906. The van der Waals surface area contributed by atoms with Crippen LogP contribution in [0.1, 0.15) is 34.6 Å². The summed E-state index contributed by atoms with van der Waals surface area (Å²) in [6, 6.07) is 0. The van der Waals surface area contributed by atoms with Crippen molar-refractivity contribution in [2.24, 2.45) is 17.3 Å². The van der Waals surface area contributed by atoms with Crippen LogP contribution in [0.15, 0.2) is 12.2 Å². The van der Waals surface area contributed by atoms with Crippen LogP contribution in [-0.2, 0) is 14.3 Å². The lowest BCUT2D eigenvalue weighted by atomic mass is 10.1. The normalized spacial score (nSPS) is 26.9. The fourth-order valence-electron chi connectivity index (χ4n) is 2.01. The van der Waals surface area contributed by atoms with Crippen LogP contribution in [0.3, 0.4) is 0 Å². The Labute approximate surface area is 102 Å². The molecule has 1 aliphatic carbocycles. The number of hydrogen-bond acceptors (Lipinski definition) is 4. The zero-order valence-corrected chi connectivity index (χ0v) is 10.9. The number of ether oxygens (including phenoxy) is 1. The van der Waals surface area contributed by atoms with Crippen LogP contribution in [0.4, 0.5) is 0 Å². The van der Waals surface area contributed by atoms with Gasteiger partial charge in [-0.3, -0.25) is 0 Å². The summed E-state index contributed by atoms with van der Waals surface area (Å²) in [6.45, 7) is 9.03. The molecule has 0 N–H and O–H groups in total. The van der Waals surface area contributed by atoms with Crippen molar-refractivity contribution in [3.05, 3.63) is 12.2 Å². The third-order valence-corrected chi connectivity index (χ3v) is 3.01.